The molecule has 0 bridgehead atoms. The van der Waals surface area contributed by atoms with Crippen LogP contribution in [0.2, 0.25) is 0 Å². The van der Waals surface area contributed by atoms with Crippen molar-refractivity contribution in [2.75, 3.05) is 13.1 Å². The Morgan fingerprint density at radius 3 is 1.96 bits per heavy atom. The van der Waals surface area contributed by atoms with Gasteiger partial charge >= 0.3 is 6.09 Å². The predicted molar refractivity (Wildman–Crippen MR) is 109 cm³/mol. The van der Waals surface area contributed by atoms with E-state index < -0.39 is 5.60 Å². The molecule has 0 aliphatic carbocycles. The predicted octanol–water partition coefficient (Wildman–Crippen LogP) is 4.26. The van der Waals surface area contributed by atoms with Gasteiger partial charge in [-0.3, -0.25) is 4.79 Å². The molecule has 0 saturated heterocycles. The average molecular weight is 373 g/mol. The number of hydrogen-bond donors (Lipinski definition) is 2. The van der Waals surface area contributed by atoms with Gasteiger partial charge in [-0.15, -0.1) is 6.42 Å². The van der Waals surface area contributed by atoms with E-state index in [0.29, 0.717) is 18.7 Å². The van der Waals surface area contributed by atoms with Crippen LogP contribution in [0.3, 0.4) is 0 Å². The van der Waals surface area contributed by atoms with Crippen molar-refractivity contribution >= 4 is 12.0 Å². The van der Waals surface area contributed by atoms with Crippen molar-refractivity contribution in [1.82, 2.24) is 10.6 Å². The highest BCUT2D eigenvalue weighted by molar-refractivity contribution is 5.94. The third kappa shape index (κ3) is 11.0. The summed E-state index contributed by atoms with van der Waals surface area (Å²) < 4.78 is 5.18. The largest absolute Gasteiger partial charge is 0.444 e. The van der Waals surface area contributed by atoms with Crippen molar-refractivity contribution in [1.29, 1.82) is 0 Å². The molecule has 0 spiro atoms. The van der Waals surface area contributed by atoms with Crippen molar-refractivity contribution in [3.63, 3.8) is 0 Å². The number of carbonyl (C=O) groups is 2. The van der Waals surface area contributed by atoms with Gasteiger partial charge in [-0.05, 0) is 57.9 Å². The third-order valence-corrected chi connectivity index (χ3v) is 3.87. The Bertz CT molecular complexity index is 624. The zero-order chi connectivity index (χ0) is 20.1. The van der Waals surface area contributed by atoms with Gasteiger partial charge in [0.05, 0.1) is 0 Å². The smallest absolute Gasteiger partial charge is 0.407 e. The van der Waals surface area contributed by atoms with Crippen molar-refractivity contribution in [3.8, 4) is 12.3 Å². The Labute approximate surface area is 163 Å². The first-order chi connectivity index (χ1) is 12.8. The molecular weight excluding hydrogens is 340 g/mol. The fraction of sp³-hybridized carbons (Fsp3) is 0.545. The Hall–Kier alpha value is -2.48. The van der Waals surface area contributed by atoms with Crippen molar-refractivity contribution in [2.24, 2.45) is 0 Å². The molecule has 5 heteroatoms. The highest BCUT2D eigenvalue weighted by Crippen LogP contribution is 2.08. The van der Waals surface area contributed by atoms with E-state index in [4.69, 9.17) is 11.2 Å². The van der Waals surface area contributed by atoms with E-state index >= 15 is 0 Å². The third-order valence-electron chi connectivity index (χ3n) is 3.87. The fourth-order valence-electron chi connectivity index (χ4n) is 2.48. The van der Waals surface area contributed by atoms with Gasteiger partial charge in [0, 0.05) is 24.2 Å². The van der Waals surface area contributed by atoms with Crippen LogP contribution in [0.15, 0.2) is 24.3 Å². The normalized spacial score (nSPS) is 10.7. The van der Waals surface area contributed by atoms with E-state index in [0.717, 1.165) is 44.1 Å². The molecule has 1 rings (SSSR count). The molecule has 27 heavy (non-hydrogen) atoms. The molecule has 0 atom stereocenters. The number of carbonyl (C=O) groups excluding carboxylic acids is 2. The van der Waals surface area contributed by atoms with Gasteiger partial charge in [-0.1, -0.05) is 31.6 Å². The number of nitrogens with one attached hydrogen (secondary N) is 2. The molecule has 2 N–H and O–H groups in total. The summed E-state index contributed by atoms with van der Waals surface area (Å²) in [6, 6.07) is 7.03. The molecular formula is C22H32N2O3. The molecule has 0 aliphatic rings. The van der Waals surface area contributed by atoms with Gasteiger partial charge in [-0.2, -0.15) is 0 Å². The summed E-state index contributed by atoms with van der Waals surface area (Å²) in [6.07, 6.45) is 11.3. The van der Waals surface area contributed by atoms with Crippen molar-refractivity contribution in [2.45, 2.75) is 64.9 Å². The van der Waals surface area contributed by atoms with Crippen LogP contribution in [0, 0.1) is 12.3 Å². The van der Waals surface area contributed by atoms with Crippen LogP contribution in [0.25, 0.3) is 0 Å². The number of amides is 2. The summed E-state index contributed by atoms with van der Waals surface area (Å²) in [4.78, 5) is 23.5. The lowest BCUT2D eigenvalue weighted by molar-refractivity contribution is 0.0526. The summed E-state index contributed by atoms with van der Waals surface area (Å²) in [6.45, 7) is 6.87. The minimum atomic E-state index is -0.454. The first kappa shape index (κ1) is 22.6. The van der Waals surface area contributed by atoms with Crippen LogP contribution in [-0.2, 0) is 4.74 Å². The molecule has 0 aromatic heterocycles. The summed E-state index contributed by atoms with van der Waals surface area (Å²) >= 11 is 0. The number of hydrogen-bond acceptors (Lipinski definition) is 3. The van der Waals surface area contributed by atoms with Gasteiger partial charge in [0.1, 0.15) is 5.60 Å². The fourth-order valence-corrected chi connectivity index (χ4v) is 2.48. The monoisotopic (exact) mass is 372 g/mol. The van der Waals surface area contributed by atoms with Gasteiger partial charge < -0.3 is 15.4 Å². The van der Waals surface area contributed by atoms with Crippen molar-refractivity contribution in [3.05, 3.63) is 35.4 Å². The van der Waals surface area contributed by atoms with E-state index in [1.165, 1.54) is 0 Å². The van der Waals surface area contributed by atoms with E-state index in [2.05, 4.69) is 16.6 Å². The molecule has 1 aromatic rings. The maximum atomic E-state index is 12.0. The van der Waals surface area contributed by atoms with E-state index in [1.54, 1.807) is 24.3 Å². The second-order valence-electron chi connectivity index (χ2n) is 7.53. The zero-order valence-corrected chi connectivity index (χ0v) is 16.8. The van der Waals surface area contributed by atoms with Gasteiger partial charge in [0.25, 0.3) is 5.91 Å². The lowest BCUT2D eigenvalue weighted by atomic mass is 10.1. The zero-order valence-electron chi connectivity index (χ0n) is 16.8. The van der Waals surface area contributed by atoms with Crippen LogP contribution < -0.4 is 10.6 Å². The summed E-state index contributed by atoms with van der Waals surface area (Å²) in [5.74, 6) is 2.47. The minimum Gasteiger partial charge on any atom is -0.444 e. The van der Waals surface area contributed by atoms with Crippen molar-refractivity contribution < 1.29 is 14.3 Å². The number of alkyl carbamates (subject to hydrolysis) is 1. The molecule has 2 amide bonds. The molecule has 0 unspecified atom stereocenters. The summed E-state index contributed by atoms with van der Waals surface area (Å²) in [5.41, 5.74) is 0.948. The molecule has 5 nitrogen and oxygen atoms in total. The Balaban J connectivity index is 1.97. The van der Waals surface area contributed by atoms with E-state index in [-0.39, 0.29) is 12.0 Å². The highest BCUT2D eigenvalue weighted by Gasteiger charge is 2.15. The quantitative estimate of drug-likeness (QED) is 0.476. The minimum absolute atomic E-state index is 0.0632. The summed E-state index contributed by atoms with van der Waals surface area (Å²) in [7, 11) is 0. The number of ether oxygens (including phenoxy) is 1. The second kappa shape index (κ2) is 12.0. The van der Waals surface area contributed by atoms with Crippen LogP contribution in [-0.4, -0.2) is 30.7 Å². The molecule has 0 heterocycles. The first-order valence-corrected chi connectivity index (χ1v) is 9.63. The van der Waals surface area contributed by atoms with Gasteiger partial charge in [0.2, 0.25) is 0 Å². The molecule has 1 aromatic carbocycles. The SMILES string of the molecule is C#Cc1ccc(C(=O)NCCCCCCCCNC(=O)OC(C)(C)C)cc1. The maximum Gasteiger partial charge on any atom is 0.407 e. The van der Waals surface area contributed by atoms with Gasteiger partial charge in [-0.25, -0.2) is 4.79 Å². The van der Waals surface area contributed by atoms with E-state index in [9.17, 15) is 9.59 Å². The number of rotatable bonds is 10. The highest BCUT2D eigenvalue weighted by atomic mass is 16.6. The molecule has 0 aliphatic heterocycles. The van der Waals surface area contributed by atoms with Crippen LogP contribution in [0.4, 0.5) is 4.79 Å². The average Bonchev–Trinajstić information content (AvgIpc) is 2.61. The second-order valence-corrected chi connectivity index (χ2v) is 7.53. The lowest BCUT2D eigenvalue weighted by Crippen LogP contribution is -2.32. The number of benzene rings is 1. The number of terminal acetylenes is 1. The molecule has 0 radical (unpaired) electrons. The van der Waals surface area contributed by atoms with Gasteiger partial charge in [0.15, 0.2) is 0 Å². The topological polar surface area (TPSA) is 67.4 Å². The number of unbranched alkanes of at least 4 members (excludes halogenated alkanes) is 5. The molecule has 0 saturated carbocycles. The summed E-state index contributed by atoms with van der Waals surface area (Å²) in [5, 5.41) is 5.69. The van der Waals surface area contributed by atoms with Crippen LogP contribution in [0.1, 0.15) is 75.2 Å². The first-order valence-electron chi connectivity index (χ1n) is 9.63. The Morgan fingerprint density at radius 1 is 0.926 bits per heavy atom. The van der Waals surface area contributed by atoms with Crippen LogP contribution >= 0.6 is 0 Å². The molecule has 148 valence electrons. The standard InChI is InChI=1S/C22H32N2O3/c1-5-18-12-14-19(15-13-18)20(25)23-16-10-8-6-7-9-11-17-24-21(26)27-22(2,3)4/h1,12-15H,6-11,16-17H2,2-4H3,(H,23,25)(H,24,26). The van der Waals surface area contributed by atoms with E-state index in [1.807, 2.05) is 20.8 Å². The van der Waals surface area contributed by atoms with Crippen LogP contribution in [0.5, 0.6) is 0 Å². The Morgan fingerprint density at radius 2 is 1.44 bits per heavy atom. The maximum absolute atomic E-state index is 12.0. The lowest BCUT2D eigenvalue weighted by Gasteiger charge is -2.19. The molecule has 0 fully saturated rings. The Kier molecular flexibility index (Phi) is 10.0.